The van der Waals surface area contributed by atoms with Gasteiger partial charge in [0, 0.05) is 18.4 Å². The fraction of sp³-hybridized carbons (Fsp3) is 0.0714. The molecule has 0 aliphatic carbocycles. The van der Waals surface area contributed by atoms with Crippen LogP contribution in [-0.4, -0.2) is 12.2 Å². The predicted molar refractivity (Wildman–Crippen MR) is 67.3 cm³/mol. The van der Waals surface area contributed by atoms with E-state index in [-0.39, 0.29) is 11.3 Å². The van der Waals surface area contributed by atoms with Crippen molar-refractivity contribution >= 4 is 11.4 Å². The van der Waals surface area contributed by atoms with Crippen LogP contribution in [0.1, 0.15) is 5.56 Å². The van der Waals surface area contributed by atoms with Gasteiger partial charge in [0.1, 0.15) is 17.6 Å². The second-order valence-electron chi connectivity index (χ2n) is 3.85. The maximum Gasteiger partial charge on any atom is 0.143 e. The van der Waals surface area contributed by atoms with Gasteiger partial charge in [0.05, 0.1) is 5.56 Å². The van der Waals surface area contributed by atoms with Crippen LogP contribution in [0.2, 0.25) is 0 Å². The van der Waals surface area contributed by atoms with Crippen molar-refractivity contribution in [3.8, 4) is 11.8 Å². The van der Waals surface area contributed by atoms with Gasteiger partial charge >= 0.3 is 0 Å². The van der Waals surface area contributed by atoms with E-state index in [1.807, 2.05) is 0 Å². The molecule has 0 saturated carbocycles. The van der Waals surface area contributed by atoms with Gasteiger partial charge in [-0.3, -0.25) is 0 Å². The van der Waals surface area contributed by atoms with Crippen LogP contribution < -0.4 is 4.90 Å². The number of halogens is 1. The molecule has 2 aromatic carbocycles. The van der Waals surface area contributed by atoms with Crippen LogP contribution in [0.5, 0.6) is 5.75 Å². The molecule has 18 heavy (non-hydrogen) atoms. The predicted octanol–water partition coefficient (Wildman–Crippen LogP) is 3.17. The molecule has 0 saturated heterocycles. The third-order valence-electron chi connectivity index (χ3n) is 2.70. The van der Waals surface area contributed by atoms with Crippen molar-refractivity contribution in [2.75, 3.05) is 11.9 Å². The Labute approximate surface area is 104 Å². The van der Waals surface area contributed by atoms with Crippen molar-refractivity contribution in [3.63, 3.8) is 0 Å². The van der Waals surface area contributed by atoms with Crippen molar-refractivity contribution < 1.29 is 9.50 Å². The number of hydrogen-bond donors (Lipinski definition) is 1. The Morgan fingerprint density at radius 1 is 1.11 bits per heavy atom. The third-order valence-corrected chi connectivity index (χ3v) is 2.70. The molecule has 0 spiro atoms. The number of nitrogens with zero attached hydrogens (tertiary/aromatic N) is 2. The fourth-order valence-corrected chi connectivity index (χ4v) is 1.63. The Morgan fingerprint density at radius 3 is 2.28 bits per heavy atom. The van der Waals surface area contributed by atoms with Gasteiger partial charge in [0.25, 0.3) is 0 Å². The molecule has 0 aliphatic rings. The van der Waals surface area contributed by atoms with Crippen molar-refractivity contribution in [2.45, 2.75) is 0 Å². The first-order chi connectivity index (χ1) is 8.61. The zero-order valence-electron chi connectivity index (χ0n) is 9.76. The van der Waals surface area contributed by atoms with E-state index >= 15 is 0 Å². The summed E-state index contributed by atoms with van der Waals surface area (Å²) in [5.74, 6) is -0.362. The smallest absolute Gasteiger partial charge is 0.143 e. The van der Waals surface area contributed by atoms with Gasteiger partial charge in [0.2, 0.25) is 0 Å². The summed E-state index contributed by atoms with van der Waals surface area (Å²) in [4.78, 5) is 1.77. The summed E-state index contributed by atoms with van der Waals surface area (Å²) in [6.07, 6.45) is 0. The van der Waals surface area contributed by atoms with Gasteiger partial charge in [-0.15, -0.1) is 0 Å². The van der Waals surface area contributed by atoms with Gasteiger partial charge < -0.3 is 10.0 Å². The number of phenols is 1. The minimum Gasteiger partial charge on any atom is -0.508 e. The topological polar surface area (TPSA) is 47.3 Å². The summed E-state index contributed by atoms with van der Waals surface area (Å²) in [5.41, 5.74) is 1.48. The minimum atomic E-state index is -0.541. The summed E-state index contributed by atoms with van der Waals surface area (Å²) in [6, 6.07) is 12.8. The van der Waals surface area contributed by atoms with Gasteiger partial charge in [-0.2, -0.15) is 5.26 Å². The molecular weight excluding hydrogens is 231 g/mol. The Morgan fingerprint density at radius 2 is 1.72 bits per heavy atom. The van der Waals surface area contributed by atoms with Gasteiger partial charge in [0.15, 0.2) is 0 Å². The molecule has 0 heterocycles. The van der Waals surface area contributed by atoms with Crippen molar-refractivity contribution in [3.05, 3.63) is 53.8 Å². The second kappa shape index (κ2) is 4.76. The Balaban J connectivity index is 2.34. The third kappa shape index (κ3) is 2.25. The lowest BCUT2D eigenvalue weighted by Gasteiger charge is -2.19. The molecule has 0 fully saturated rings. The molecule has 0 unspecified atom stereocenters. The molecule has 0 atom stereocenters. The van der Waals surface area contributed by atoms with E-state index in [4.69, 9.17) is 5.26 Å². The van der Waals surface area contributed by atoms with E-state index in [9.17, 15) is 9.50 Å². The largest absolute Gasteiger partial charge is 0.508 e. The zero-order chi connectivity index (χ0) is 13.1. The summed E-state index contributed by atoms with van der Waals surface area (Å²) >= 11 is 0. The monoisotopic (exact) mass is 242 g/mol. The molecule has 0 aliphatic heterocycles. The highest BCUT2D eigenvalue weighted by atomic mass is 19.1. The van der Waals surface area contributed by atoms with E-state index in [1.54, 1.807) is 48.3 Å². The van der Waals surface area contributed by atoms with E-state index < -0.39 is 5.82 Å². The Kier molecular flexibility index (Phi) is 3.16. The molecule has 0 radical (unpaired) electrons. The molecule has 0 bridgehead atoms. The maximum absolute atomic E-state index is 13.5. The quantitative estimate of drug-likeness (QED) is 0.879. The summed E-state index contributed by atoms with van der Waals surface area (Å²) in [6.45, 7) is 0. The highest BCUT2D eigenvalue weighted by Gasteiger charge is 2.07. The number of phenolic OH excluding ortho intramolecular Hbond substituents is 1. The number of hydrogen-bond acceptors (Lipinski definition) is 3. The molecule has 0 amide bonds. The van der Waals surface area contributed by atoms with E-state index in [2.05, 4.69) is 0 Å². The normalized spacial score (nSPS) is 9.83. The molecule has 1 N–H and O–H groups in total. The first-order valence-electron chi connectivity index (χ1n) is 5.34. The van der Waals surface area contributed by atoms with Gasteiger partial charge in [-0.05, 0) is 42.5 Å². The van der Waals surface area contributed by atoms with E-state index in [1.165, 1.54) is 12.1 Å². The lowest BCUT2D eigenvalue weighted by Crippen LogP contribution is -2.09. The first-order valence-corrected chi connectivity index (χ1v) is 5.34. The molecule has 0 aromatic heterocycles. The number of benzene rings is 2. The van der Waals surface area contributed by atoms with Gasteiger partial charge in [-0.1, -0.05) is 0 Å². The molecule has 4 heteroatoms. The first kappa shape index (κ1) is 11.9. The second-order valence-corrected chi connectivity index (χ2v) is 3.85. The molecule has 90 valence electrons. The van der Waals surface area contributed by atoms with E-state index in [0.717, 1.165) is 5.69 Å². The molecule has 3 nitrogen and oxygen atoms in total. The van der Waals surface area contributed by atoms with Crippen LogP contribution in [0.15, 0.2) is 42.5 Å². The summed E-state index contributed by atoms with van der Waals surface area (Å²) < 4.78 is 13.5. The molecule has 2 aromatic rings. The summed E-state index contributed by atoms with van der Waals surface area (Å²) in [5, 5.41) is 17.9. The Bertz CT molecular complexity index is 602. The number of nitriles is 1. The van der Waals surface area contributed by atoms with Crippen LogP contribution >= 0.6 is 0 Å². The lowest BCUT2D eigenvalue weighted by atomic mass is 10.2. The van der Waals surface area contributed by atoms with Crippen LogP contribution in [0.3, 0.4) is 0 Å². The number of aromatic hydroxyl groups is 1. The maximum atomic E-state index is 13.5. The molecule has 2 rings (SSSR count). The highest BCUT2D eigenvalue weighted by molar-refractivity contribution is 5.63. The van der Waals surface area contributed by atoms with Crippen molar-refractivity contribution in [1.82, 2.24) is 0 Å². The summed E-state index contributed by atoms with van der Waals surface area (Å²) in [7, 11) is 1.78. The SMILES string of the molecule is CN(c1ccc(O)cc1)c1ccc(C#N)c(F)c1. The standard InChI is InChI=1S/C14H11FN2O/c1-17(11-4-6-13(18)7-5-11)12-3-2-10(9-16)14(15)8-12/h2-8,18H,1H3. The van der Waals surface area contributed by atoms with Crippen molar-refractivity contribution in [2.24, 2.45) is 0 Å². The number of rotatable bonds is 2. The van der Waals surface area contributed by atoms with Crippen LogP contribution in [-0.2, 0) is 0 Å². The Hall–Kier alpha value is -2.54. The highest BCUT2D eigenvalue weighted by Crippen LogP contribution is 2.26. The van der Waals surface area contributed by atoms with E-state index in [0.29, 0.717) is 5.69 Å². The number of anilines is 2. The average Bonchev–Trinajstić information content (AvgIpc) is 2.38. The van der Waals surface area contributed by atoms with Crippen LogP contribution in [0.25, 0.3) is 0 Å². The molecular formula is C14H11FN2O. The van der Waals surface area contributed by atoms with Crippen LogP contribution in [0, 0.1) is 17.1 Å². The fourth-order valence-electron chi connectivity index (χ4n) is 1.63. The van der Waals surface area contributed by atoms with Crippen LogP contribution in [0.4, 0.5) is 15.8 Å². The zero-order valence-corrected chi connectivity index (χ0v) is 9.76. The lowest BCUT2D eigenvalue weighted by molar-refractivity contribution is 0.475. The average molecular weight is 242 g/mol. The van der Waals surface area contributed by atoms with Gasteiger partial charge in [-0.25, -0.2) is 4.39 Å². The van der Waals surface area contributed by atoms with Crippen molar-refractivity contribution in [1.29, 1.82) is 5.26 Å². The minimum absolute atomic E-state index is 0.0258.